The quantitative estimate of drug-likeness (QED) is 0.442. The molecule has 1 amide bonds. The van der Waals surface area contributed by atoms with Crippen LogP contribution < -0.4 is 15.5 Å². The van der Waals surface area contributed by atoms with Gasteiger partial charge in [-0.2, -0.15) is 0 Å². The number of hydrogen-bond donors (Lipinski definition) is 2. The van der Waals surface area contributed by atoms with Crippen molar-refractivity contribution in [3.63, 3.8) is 0 Å². The molecule has 0 saturated heterocycles. The smallest absolute Gasteiger partial charge is 0.240 e. The van der Waals surface area contributed by atoms with E-state index < -0.39 is 5.25 Å². The Kier molecular flexibility index (Phi) is 5.99. The zero-order valence-electron chi connectivity index (χ0n) is 18.0. The number of nitrogens with zero attached hydrogens (tertiary/aromatic N) is 3. The molecule has 1 aliphatic rings. The number of carbonyl (C=O) groups is 1. The molecule has 0 saturated carbocycles. The van der Waals surface area contributed by atoms with Crippen LogP contribution in [0, 0.1) is 6.92 Å². The molecular weight excluding hydrogens is 434 g/mol. The van der Waals surface area contributed by atoms with E-state index >= 15 is 0 Å². The van der Waals surface area contributed by atoms with E-state index in [0.29, 0.717) is 11.0 Å². The molecule has 0 fully saturated rings. The Morgan fingerprint density at radius 2 is 1.70 bits per heavy atom. The average molecular weight is 458 g/mol. The number of anilines is 1. The van der Waals surface area contributed by atoms with Crippen LogP contribution in [0.4, 0.5) is 5.69 Å². The van der Waals surface area contributed by atoms with Crippen molar-refractivity contribution in [2.45, 2.75) is 30.0 Å². The second-order valence-electron chi connectivity index (χ2n) is 7.75. The van der Waals surface area contributed by atoms with Gasteiger partial charge in [-0.1, -0.05) is 78.0 Å². The Morgan fingerprint density at radius 1 is 1.00 bits per heavy atom. The van der Waals surface area contributed by atoms with Crippen LogP contribution in [-0.2, 0) is 11.4 Å². The van der Waals surface area contributed by atoms with E-state index in [2.05, 4.69) is 20.9 Å². The first-order valence-electron chi connectivity index (χ1n) is 10.7. The van der Waals surface area contributed by atoms with Gasteiger partial charge in [0.05, 0.1) is 6.04 Å². The van der Waals surface area contributed by atoms with Crippen molar-refractivity contribution in [1.82, 2.24) is 14.9 Å². The molecular formula is C25H23N5O2S. The standard InChI is InChI=1S/C25H23N5O2S/c1-17-12-14-19(15-13-17)26-24(31)23-22(18-8-4-2-5-9-18)29-30-21(27-28-25(30)33-23)16-32-20-10-6-3-7-11-20/h2-15,22-23,29H,16H2,1H3,(H,26,31)/t22-,23-/m0/s1. The van der Waals surface area contributed by atoms with E-state index in [1.54, 1.807) is 0 Å². The first kappa shape index (κ1) is 21.1. The number of aryl methyl sites for hydroxylation is 1. The predicted molar refractivity (Wildman–Crippen MR) is 129 cm³/mol. The van der Waals surface area contributed by atoms with Crippen LogP contribution in [0.25, 0.3) is 0 Å². The lowest BCUT2D eigenvalue weighted by molar-refractivity contribution is -0.116. The summed E-state index contributed by atoms with van der Waals surface area (Å²) in [5, 5.41) is 11.8. The minimum absolute atomic E-state index is 0.0958. The van der Waals surface area contributed by atoms with Gasteiger partial charge < -0.3 is 15.5 Å². The third-order valence-electron chi connectivity index (χ3n) is 5.35. The van der Waals surface area contributed by atoms with Gasteiger partial charge >= 0.3 is 0 Å². The molecule has 0 aliphatic carbocycles. The lowest BCUT2D eigenvalue weighted by atomic mass is 10.0. The summed E-state index contributed by atoms with van der Waals surface area (Å²) in [7, 11) is 0. The summed E-state index contributed by atoms with van der Waals surface area (Å²) in [5.74, 6) is 1.30. The van der Waals surface area contributed by atoms with Crippen LogP contribution in [0.15, 0.2) is 90.1 Å². The second-order valence-corrected chi connectivity index (χ2v) is 8.86. The number of benzene rings is 3. The highest BCUT2D eigenvalue weighted by atomic mass is 32.2. The summed E-state index contributed by atoms with van der Waals surface area (Å²) < 4.78 is 7.69. The second kappa shape index (κ2) is 9.38. The molecule has 3 aromatic carbocycles. The minimum atomic E-state index is -0.437. The molecule has 33 heavy (non-hydrogen) atoms. The molecule has 7 nitrogen and oxygen atoms in total. The summed E-state index contributed by atoms with van der Waals surface area (Å²) in [4.78, 5) is 13.3. The highest BCUT2D eigenvalue weighted by Gasteiger charge is 2.37. The average Bonchev–Trinajstić information content (AvgIpc) is 3.26. The minimum Gasteiger partial charge on any atom is -0.486 e. The lowest BCUT2D eigenvalue weighted by Crippen LogP contribution is -2.41. The molecule has 1 aliphatic heterocycles. The number of amides is 1. The van der Waals surface area contributed by atoms with Crippen molar-refractivity contribution in [2.75, 3.05) is 10.7 Å². The van der Waals surface area contributed by atoms with Crippen molar-refractivity contribution in [2.24, 2.45) is 0 Å². The summed E-state index contributed by atoms with van der Waals surface area (Å²) in [6, 6.07) is 27.0. The highest BCUT2D eigenvalue weighted by Crippen LogP contribution is 2.37. The third-order valence-corrected chi connectivity index (χ3v) is 6.57. The molecule has 166 valence electrons. The molecule has 0 bridgehead atoms. The topological polar surface area (TPSA) is 81.1 Å². The van der Waals surface area contributed by atoms with Crippen molar-refractivity contribution in [1.29, 1.82) is 0 Å². The summed E-state index contributed by atoms with van der Waals surface area (Å²) in [6.45, 7) is 2.27. The maximum atomic E-state index is 13.3. The molecule has 0 unspecified atom stereocenters. The van der Waals surface area contributed by atoms with Gasteiger partial charge in [0.1, 0.15) is 17.6 Å². The van der Waals surface area contributed by atoms with Crippen molar-refractivity contribution in [3.8, 4) is 5.75 Å². The maximum absolute atomic E-state index is 13.3. The van der Waals surface area contributed by atoms with Crippen LogP contribution in [0.3, 0.4) is 0 Å². The van der Waals surface area contributed by atoms with Gasteiger partial charge in [0.15, 0.2) is 5.82 Å². The van der Waals surface area contributed by atoms with E-state index in [-0.39, 0.29) is 18.6 Å². The summed E-state index contributed by atoms with van der Waals surface area (Å²) in [6.07, 6.45) is 0. The van der Waals surface area contributed by atoms with E-state index in [0.717, 1.165) is 22.6 Å². The normalized spacial score (nSPS) is 17.0. The first-order valence-corrected chi connectivity index (χ1v) is 11.5. The number of thioether (sulfide) groups is 1. The Morgan fingerprint density at radius 3 is 2.42 bits per heavy atom. The van der Waals surface area contributed by atoms with Gasteiger partial charge in [0.25, 0.3) is 0 Å². The van der Waals surface area contributed by atoms with Crippen molar-refractivity contribution >= 4 is 23.4 Å². The third kappa shape index (κ3) is 4.70. The van der Waals surface area contributed by atoms with Crippen LogP contribution in [0.1, 0.15) is 23.0 Å². The number of nitrogens with one attached hydrogen (secondary N) is 2. The van der Waals surface area contributed by atoms with Gasteiger partial charge in [-0.25, -0.2) is 4.68 Å². The Labute approximate surface area is 196 Å². The lowest BCUT2D eigenvalue weighted by Gasteiger charge is -2.33. The Hall–Kier alpha value is -3.78. The van der Waals surface area contributed by atoms with Gasteiger partial charge in [-0.05, 0) is 36.8 Å². The van der Waals surface area contributed by atoms with E-state index in [4.69, 9.17) is 4.74 Å². The number of carbonyl (C=O) groups excluding carboxylic acids is 1. The number of aromatic nitrogens is 3. The van der Waals surface area contributed by atoms with Crippen LogP contribution in [0.2, 0.25) is 0 Å². The highest BCUT2D eigenvalue weighted by molar-refractivity contribution is 8.00. The molecule has 4 aromatic rings. The zero-order valence-corrected chi connectivity index (χ0v) is 18.8. The summed E-state index contributed by atoms with van der Waals surface area (Å²) >= 11 is 1.39. The molecule has 1 aromatic heterocycles. The fourth-order valence-electron chi connectivity index (χ4n) is 3.62. The van der Waals surface area contributed by atoms with Crippen molar-refractivity contribution in [3.05, 3.63) is 102 Å². The molecule has 0 spiro atoms. The van der Waals surface area contributed by atoms with E-state index in [1.807, 2.05) is 96.5 Å². The number of hydrogen-bond acceptors (Lipinski definition) is 6. The molecule has 2 N–H and O–H groups in total. The molecule has 5 rings (SSSR count). The molecule has 2 atom stereocenters. The molecule has 2 heterocycles. The number of ether oxygens (including phenoxy) is 1. The van der Waals surface area contributed by atoms with Crippen LogP contribution in [0.5, 0.6) is 5.75 Å². The largest absolute Gasteiger partial charge is 0.486 e. The zero-order chi connectivity index (χ0) is 22.6. The van der Waals surface area contributed by atoms with Gasteiger partial charge in [0, 0.05) is 5.69 Å². The molecule has 8 heteroatoms. The van der Waals surface area contributed by atoms with Crippen LogP contribution in [-0.4, -0.2) is 26.0 Å². The van der Waals surface area contributed by atoms with Crippen LogP contribution >= 0.6 is 11.8 Å². The van der Waals surface area contributed by atoms with Gasteiger partial charge in [-0.15, -0.1) is 10.2 Å². The maximum Gasteiger partial charge on any atom is 0.240 e. The Balaban J connectivity index is 1.40. The predicted octanol–water partition coefficient (Wildman–Crippen LogP) is 4.56. The molecule has 0 radical (unpaired) electrons. The van der Waals surface area contributed by atoms with Gasteiger partial charge in [-0.3, -0.25) is 4.79 Å². The SMILES string of the molecule is Cc1ccc(NC(=O)[C@H]2Sc3nnc(COc4ccccc4)n3N[C@H]2c2ccccc2)cc1. The van der Waals surface area contributed by atoms with E-state index in [1.165, 1.54) is 11.8 Å². The van der Waals surface area contributed by atoms with E-state index in [9.17, 15) is 4.79 Å². The number of para-hydroxylation sites is 1. The number of fused-ring (bicyclic) bond motifs is 1. The fourth-order valence-corrected chi connectivity index (χ4v) is 4.72. The summed E-state index contributed by atoms with van der Waals surface area (Å²) in [5.41, 5.74) is 6.36. The fraction of sp³-hybridized carbons (Fsp3) is 0.160. The monoisotopic (exact) mass is 457 g/mol. The van der Waals surface area contributed by atoms with Crippen molar-refractivity contribution < 1.29 is 9.53 Å². The number of rotatable bonds is 6. The first-order chi connectivity index (χ1) is 16.2. The Bertz CT molecular complexity index is 1230. The van der Waals surface area contributed by atoms with Gasteiger partial charge in [0.2, 0.25) is 11.1 Å².